The number of hydrogen-bond donors (Lipinski definition) is 1. The summed E-state index contributed by atoms with van der Waals surface area (Å²) in [5, 5.41) is 13.1. The molecule has 11 heteroatoms. The van der Waals surface area contributed by atoms with Crippen molar-refractivity contribution in [2.75, 3.05) is 25.3 Å². The van der Waals surface area contributed by atoms with Gasteiger partial charge in [0.1, 0.15) is 18.8 Å². The van der Waals surface area contributed by atoms with Crippen molar-refractivity contribution in [3.8, 4) is 17.6 Å². The summed E-state index contributed by atoms with van der Waals surface area (Å²) in [6.07, 6.45) is 1.96. The number of carbonyl (C=O) groups is 1. The second-order valence-electron chi connectivity index (χ2n) is 8.09. The third-order valence-corrected chi connectivity index (χ3v) is 7.05. The molecule has 0 aliphatic heterocycles. The van der Waals surface area contributed by atoms with E-state index in [-0.39, 0.29) is 13.2 Å². The van der Waals surface area contributed by atoms with Crippen molar-refractivity contribution in [3.63, 3.8) is 0 Å². The highest BCUT2D eigenvalue weighted by atomic mass is 32.2. The van der Waals surface area contributed by atoms with Crippen molar-refractivity contribution in [3.05, 3.63) is 78.1 Å². The van der Waals surface area contributed by atoms with Gasteiger partial charge in [-0.25, -0.2) is 19.0 Å². The molecule has 1 amide bonds. The van der Waals surface area contributed by atoms with Gasteiger partial charge in [0, 0.05) is 28.3 Å². The molecule has 0 bridgehead atoms. The van der Waals surface area contributed by atoms with Crippen molar-refractivity contribution in [1.29, 1.82) is 5.26 Å². The van der Waals surface area contributed by atoms with Crippen LogP contribution in [0.15, 0.2) is 76.2 Å². The number of nitrogens with one attached hydrogen (secondary N) is 1. The van der Waals surface area contributed by atoms with E-state index in [1.807, 2.05) is 12.1 Å². The zero-order valence-corrected chi connectivity index (χ0v) is 21.8. The van der Waals surface area contributed by atoms with E-state index in [2.05, 4.69) is 25.7 Å². The summed E-state index contributed by atoms with van der Waals surface area (Å²) in [6.45, 7) is 1.94. The number of anilines is 2. The number of rotatable bonds is 8. The summed E-state index contributed by atoms with van der Waals surface area (Å²) < 4.78 is 33.1. The molecule has 1 N–H and O–H groups in total. The summed E-state index contributed by atoms with van der Waals surface area (Å²) in [7, 11) is -1.45. The van der Waals surface area contributed by atoms with Crippen LogP contribution in [0.2, 0.25) is 0 Å². The molecule has 10 nitrogen and oxygen atoms in total. The van der Waals surface area contributed by atoms with E-state index in [4.69, 9.17) is 19.5 Å². The maximum Gasteiger partial charge on any atom is 0.442 e. The number of ether oxygens (including phenoxy) is 3. The van der Waals surface area contributed by atoms with Crippen molar-refractivity contribution >= 4 is 38.2 Å². The van der Waals surface area contributed by atoms with E-state index in [0.29, 0.717) is 44.4 Å². The molecule has 1 atom stereocenters. The molecule has 38 heavy (non-hydrogen) atoms. The van der Waals surface area contributed by atoms with Gasteiger partial charge >= 0.3 is 6.09 Å². The molecule has 0 saturated carbocycles. The Kier molecular flexibility index (Phi) is 8.03. The minimum atomic E-state index is -2.99. The van der Waals surface area contributed by atoms with Crippen LogP contribution in [0.5, 0.6) is 11.5 Å². The Labute approximate surface area is 220 Å². The Morgan fingerprint density at radius 1 is 1.11 bits per heavy atom. The summed E-state index contributed by atoms with van der Waals surface area (Å²) in [5.74, 6) is 1.47. The third-order valence-electron chi connectivity index (χ3n) is 5.42. The van der Waals surface area contributed by atoms with Gasteiger partial charge in [0.25, 0.3) is 0 Å². The van der Waals surface area contributed by atoms with E-state index < -0.39 is 15.8 Å². The van der Waals surface area contributed by atoms with Gasteiger partial charge < -0.3 is 19.5 Å². The lowest BCUT2D eigenvalue weighted by atomic mass is 10.2. The van der Waals surface area contributed by atoms with Crippen molar-refractivity contribution in [2.24, 2.45) is 4.36 Å². The van der Waals surface area contributed by atoms with Gasteiger partial charge in [-0.1, -0.05) is 18.2 Å². The molecule has 4 aromatic rings. The van der Waals surface area contributed by atoms with Crippen molar-refractivity contribution in [1.82, 2.24) is 9.97 Å². The fourth-order valence-corrected chi connectivity index (χ4v) is 4.76. The molecule has 1 heterocycles. The van der Waals surface area contributed by atoms with Crippen molar-refractivity contribution < 1.29 is 23.2 Å². The molecule has 0 spiro atoms. The largest absolute Gasteiger partial charge is 0.493 e. The quantitative estimate of drug-likeness (QED) is 0.315. The maximum absolute atomic E-state index is 13.0. The average Bonchev–Trinajstić information content (AvgIpc) is 2.91. The summed E-state index contributed by atoms with van der Waals surface area (Å²) in [5.41, 5.74) is 2.58. The molecule has 1 aromatic heterocycles. The smallest absolute Gasteiger partial charge is 0.442 e. The fraction of sp³-hybridized carbons (Fsp3) is 0.185. The Hall–Kier alpha value is -4.69. The minimum Gasteiger partial charge on any atom is -0.493 e. The number of fused-ring (bicyclic) bond motifs is 1. The van der Waals surface area contributed by atoms with Crippen molar-refractivity contribution in [2.45, 2.75) is 18.4 Å². The van der Waals surface area contributed by atoms with Gasteiger partial charge in [0.2, 0.25) is 0 Å². The van der Waals surface area contributed by atoms with Crippen LogP contribution in [0, 0.1) is 11.3 Å². The minimum absolute atomic E-state index is 0.141. The number of carbonyl (C=O) groups excluding carboxylic acids is 1. The van der Waals surface area contributed by atoms with E-state index in [9.17, 15) is 9.00 Å². The number of amides is 1. The SMILES string of the molecule is CCOC(=O)N=S(C)(=O)c1cccc(COc2cc3ncnc(Nc4cccc(C#N)c4)c3cc2OC)c1. The standard InChI is InChI=1S/C27H25N5O5S/c1-4-36-27(33)32-38(3,34)21-10-6-8-19(12-21)16-37-25-14-23-22(13-24(25)35-2)26(30-17-29-23)31-20-9-5-7-18(11-20)15-28/h5-14,17H,4,16H2,1-3H3,(H,29,30,31). The van der Waals surface area contributed by atoms with Gasteiger partial charge in [-0.15, -0.1) is 4.36 Å². The molecule has 0 radical (unpaired) electrons. The van der Waals surface area contributed by atoms with Gasteiger partial charge in [-0.2, -0.15) is 5.26 Å². The van der Waals surface area contributed by atoms with Gasteiger partial charge in [0.05, 0.1) is 40.6 Å². The fourth-order valence-electron chi connectivity index (χ4n) is 3.62. The number of methoxy groups -OCH3 is 1. The summed E-state index contributed by atoms with van der Waals surface area (Å²) in [6, 6.07) is 19.6. The van der Waals surface area contributed by atoms with Crippen LogP contribution < -0.4 is 14.8 Å². The normalized spacial score (nSPS) is 12.2. The molecule has 0 aliphatic carbocycles. The first-order chi connectivity index (χ1) is 18.3. The number of hydrogen-bond acceptors (Lipinski definition) is 9. The monoisotopic (exact) mass is 531 g/mol. The lowest BCUT2D eigenvalue weighted by molar-refractivity contribution is 0.164. The Bertz CT molecular complexity index is 1660. The number of benzene rings is 3. The number of nitriles is 1. The lowest BCUT2D eigenvalue weighted by Crippen LogP contribution is -2.06. The summed E-state index contributed by atoms with van der Waals surface area (Å²) in [4.78, 5) is 20.8. The molecular formula is C27H25N5O5S. The molecule has 4 rings (SSSR count). The van der Waals surface area contributed by atoms with E-state index in [1.54, 1.807) is 55.5 Å². The maximum atomic E-state index is 13.0. The van der Waals surface area contributed by atoms with Crippen LogP contribution in [0.4, 0.5) is 16.3 Å². The predicted molar refractivity (Wildman–Crippen MR) is 143 cm³/mol. The van der Waals surface area contributed by atoms with E-state index >= 15 is 0 Å². The highest BCUT2D eigenvalue weighted by Gasteiger charge is 2.14. The first kappa shape index (κ1) is 26.4. The average molecular weight is 532 g/mol. The Morgan fingerprint density at radius 2 is 1.92 bits per heavy atom. The molecule has 1 unspecified atom stereocenters. The second kappa shape index (κ2) is 11.6. The molecule has 3 aromatic carbocycles. The van der Waals surface area contributed by atoms with Crippen LogP contribution in [-0.4, -0.2) is 40.2 Å². The first-order valence-electron chi connectivity index (χ1n) is 11.5. The number of nitrogens with zero attached hydrogens (tertiary/aromatic N) is 4. The molecule has 0 saturated heterocycles. The number of aromatic nitrogens is 2. The Morgan fingerprint density at radius 3 is 2.68 bits per heavy atom. The topological polar surface area (TPSA) is 136 Å². The van der Waals surface area contributed by atoms with Crippen LogP contribution in [0.1, 0.15) is 18.1 Å². The first-order valence-corrected chi connectivity index (χ1v) is 13.5. The molecule has 0 aliphatic rings. The van der Waals surface area contributed by atoms with Crippen LogP contribution in [-0.2, 0) is 21.1 Å². The molecule has 194 valence electrons. The third kappa shape index (κ3) is 6.16. The zero-order valence-electron chi connectivity index (χ0n) is 21.0. The Balaban J connectivity index is 1.59. The highest BCUT2D eigenvalue weighted by Crippen LogP contribution is 2.35. The molecular weight excluding hydrogens is 506 g/mol. The van der Waals surface area contributed by atoms with E-state index in [0.717, 1.165) is 5.56 Å². The summed E-state index contributed by atoms with van der Waals surface area (Å²) >= 11 is 0. The predicted octanol–water partition coefficient (Wildman–Crippen LogP) is 5.45. The van der Waals surface area contributed by atoms with Gasteiger partial charge in [0.15, 0.2) is 11.5 Å². The zero-order chi connectivity index (χ0) is 27.1. The van der Waals surface area contributed by atoms with Crippen LogP contribution in [0.25, 0.3) is 10.9 Å². The molecule has 0 fully saturated rings. The van der Waals surface area contributed by atoms with Gasteiger partial charge in [-0.3, -0.25) is 0 Å². The van der Waals surface area contributed by atoms with Crippen LogP contribution >= 0.6 is 0 Å². The van der Waals surface area contributed by atoms with Crippen LogP contribution in [0.3, 0.4) is 0 Å². The van der Waals surface area contributed by atoms with Gasteiger partial charge in [-0.05, 0) is 48.9 Å². The second-order valence-corrected chi connectivity index (χ2v) is 10.3. The van der Waals surface area contributed by atoms with E-state index in [1.165, 1.54) is 19.7 Å². The highest BCUT2D eigenvalue weighted by molar-refractivity contribution is 7.93. The lowest BCUT2D eigenvalue weighted by Gasteiger charge is -2.14.